The third kappa shape index (κ3) is 3.08. The maximum absolute atomic E-state index is 11.8. The van der Waals surface area contributed by atoms with Gasteiger partial charge >= 0.3 is 0 Å². The predicted octanol–water partition coefficient (Wildman–Crippen LogP) is 2.88. The molecule has 2 aromatic rings. The number of fused-ring (bicyclic) bond motifs is 1. The Morgan fingerprint density at radius 1 is 1.57 bits per heavy atom. The Kier molecular flexibility index (Phi) is 4.32. The highest BCUT2D eigenvalue weighted by Crippen LogP contribution is 2.23. The van der Waals surface area contributed by atoms with Gasteiger partial charge in [-0.15, -0.1) is 6.58 Å². The lowest BCUT2D eigenvalue weighted by Gasteiger charge is -2.01. The van der Waals surface area contributed by atoms with Gasteiger partial charge in [0.2, 0.25) is 0 Å². The maximum atomic E-state index is 11.8. The summed E-state index contributed by atoms with van der Waals surface area (Å²) in [5, 5.41) is 10.8. The number of thiazole rings is 1. The minimum atomic E-state index is -0.437. The highest BCUT2D eigenvalue weighted by Gasteiger charge is 2.12. The topological polar surface area (TPSA) is 77.5 Å². The molecule has 0 bridgehead atoms. The van der Waals surface area contributed by atoms with Crippen molar-refractivity contribution in [2.24, 2.45) is 10.9 Å². The molecule has 0 saturated heterocycles. The zero-order valence-corrected chi connectivity index (χ0v) is 12.6. The highest BCUT2D eigenvalue weighted by molar-refractivity contribution is 7.16. The zero-order chi connectivity index (χ0) is 15.6. The van der Waals surface area contributed by atoms with E-state index in [1.54, 1.807) is 26.0 Å². The van der Waals surface area contributed by atoms with Crippen molar-refractivity contribution in [2.75, 3.05) is 0 Å². The fraction of sp³-hybridized carbons (Fsp3) is 0.286. The number of carbonyl (C=O) groups excluding carboxylic acids is 1. The second-order valence-corrected chi connectivity index (χ2v) is 5.81. The quantitative estimate of drug-likeness (QED) is 0.495. The Morgan fingerprint density at radius 3 is 2.86 bits per heavy atom. The number of benzene rings is 1. The van der Waals surface area contributed by atoms with Crippen molar-refractivity contribution >= 4 is 33.1 Å². The van der Waals surface area contributed by atoms with Gasteiger partial charge in [-0.25, -0.2) is 0 Å². The summed E-state index contributed by atoms with van der Waals surface area (Å²) in [6.07, 6.45) is 1.70. The van der Waals surface area contributed by atoms with Crippen molar-refractivity contribution in [3.8, 4) is 0 Å². The van der Waals surface area contributed by atoms with E-state index in [-0.39, 0.29) is 17.5 Å². The molecule has 1 aromatic carbocycles. The second kappa shape index (κ2) is 6.01. The number of hydrogen-bond acceptors (Lipinski definition) is 4. The van der Waals surface area contributed by atoms with E-state index in [2.05, 4.69) is 11.6 Å². The van der Waals surface area contributed by atoms with E-state index in [1.165, 1.54) is 23.5 Å². The summed E-state index contributed by atoms with van der Waals surface area (Å²) in [6, 6.07) is 4.62. The molecule has 0 atom stereocenters. The van der Waals surface area contributed by atoms with Gasteiger partial charge in [0, 0.05) is 24.6 Å². The lowest BCUT2D eigenvalue weighted by Crippen LogP contribution is -2.17. The summed E-state index contributed by atoms with van der Waals surface area (Å²) < 4.78 is 2.55. The van der Waals surface area contributed by atoms with Crippen LogP contribution in [0.4, 0.5) is 5.69 Å². The predicted molar refractivity (Wildman–Crippen MR) is 82.1 cm³/mol. The van der Waals surface area contributed by atoms with Crippen molar-refractivity contribution in [3.63, 3.8) is 0 Å². The van der Waals surface area contributed by atoms with Gasteiger partial charge in [-0.2, -0.15) is 4.99 Å². The van der Waals surface area contributed by atoms with Crippen LogP contribution in [0.1, 0.15) is 13.8 Å². The number of allylic oxidation sites excluding steroid dienone is 1. The van der Waals surface area contributed by atoms with E-state index in [0.29, 0.717) is 11.3 Å². The number of hydrogen-bond donors (Lipinski definition) is 0. The molecule has 110 valence electrons. The summed E-state index contributed by atoms with van der Waals surface area (Å²) in [4.78, 5) is 26.9. The minimum absolute atomic E-state index is 0.0243. The second-order valence-electron chi connectivity index (χ2n) is 4.80. The smallest absolute Gasteiger partial charge is 0.270 e. The van der Waals surface area contributed by atoms with Crippen LogP contribution in [0.5, 0.6) is 0 Å². The van der Waals surface area contributed by atoms with Gasteiger partial charge in [0.15, 0.2) is 4.80 Å². The third-order valence-electron chi connectivity index (χ3n) is 2.89. The number of aromatic nitrogens is 1. The first kappa shape index (κ1) is 15.1. The van der Waals surface area contributed by atoms with E-state index < -0.39 is 4.92 Å². The molecule has 7 heteroatoms. The molecule has 0 radical (unpaired) electrons. The van der Waals surface area contributed by atoms with Crippen LogP contribution >= 0.6 is 11.3 Å². The van der Waals surface area contributed by atoms with Crippen LogP contribution in [0.15, 0.2) is 35.8 Å². The van der Waals surface area contributed by atoms with E-state index in [4.69, 9.17) is 0 Å². The normalized spacial score (nSPS) is 12.0. The molecule has 0 aliphatic rings. The SMILES string of the molecule is C=CCn1c(=NC(=O)C(C)C)sc2cc([N+](=O)[O-])ccc21. The molecule has 0 aliphatic carbocycles. The number of amides is 1. The number of nitro benzene ring substituents is 1. The highest BCUT2D eigenvalue weighted by atomic mass is 32.1. The summed E-state index contributed by atoms with van der Waals surface area (Å²) in [6.45, 7) is 7.74. The largest absolute Gasteiger partial charge is 0.312 e. The van der Waals surface area contributed by atoms with Crippen molar-refractivity contribution in [1.82, 2.24) is 4.57 Å². The molecule has 0 saturated carbocycles. The van der Waals surface area contributed by atoms with Gasteiger partial charge in [0.1, 0.15) is 0 Å². The number of nitro groups is 1. The monoisotopic (exact) mass is 305 g/mol. The first-order valence-electron chi connectivity index (χ1n) is 6.41. The summed E-state index contributed by atoms with van der Waals surface area (Å²) in [5.74, 6) is -0.407. The van der Waals surface area contributed by atoms with Crippen molar-refractivity contribution in [2.45, 2.75) is 20.4 Å². The van der Waals surface area contributed by atoms with Gasteiger partial charge < -0.3 is 4.57 Å². The first-order valence-corrected chi connectivity index (χ1v) is 7.23. The standard InChI is InChI=1S/C14H15N3O3S/c1-4-7-16-11-6-5-10(17(19)20)8-12(11)21-14(16)15-13(18)9(2)3/h4-6,8-9H,1,7H2,2-3H3. The lowest BCUT2D eigenvalue weighted by molar-refractivity contribution is -0.384. The average molecular weight is 305 g/mol. The molecule has 0 unspecified atom stereocenters. The van der Waals surface area contributed by atoms with Crippen molar-refractivity contribution < 1.29 is 9.72 Å². The van der Waals surface area contributed by atoms with E-state index in [1.807, 2.05) is 4.57 Å². The average Bonchev–Trinajstić information content (AvgIpc) is 2.76. The van der Waals surface area contributed by atoms with Crippen LogP contribution in [0.25, 0.3) is 10.2 Å². The molecule has 1 amide bonds. The fourth-order valence-corrected chi connectivity index (χ4v) is 2.87. The fourth-order valence-electron chi connectivity index (χ4n) is 1.79. The summed E-state index contributed by atoms with van der Waals surface area (Å²) in [7, 11) is 0. The molecule has 2 rings (SSSR count). The summed E-state index contributed by atoms with van der Waals surface area (Å²) >= 11 is 1.26. The van der Waals surface area contributed by atoms with Gasteiger partial charge in [0.25, 0.3) is 11.6 Å². The Morgan fingerprint density at radius 2 is 2.29 bits per heavy atom. The number of carbonyl (C=O) groups is 1. The zero-order valence-electron chi connectivity index (χ0n) is 11.8. The van der Waals surface area contributed by atoms with Gasteiger partial charge in [-0.05, 0) is 6.07 Å². The molecule has 0 aliphatic heterocycles. The first-order chi connectivity index (χ1) is 9.93. The van der Waals surface area contributed by atoms with Crippen LogP contribution < -0.4 is 4.80 Å². The maximum Gasteiger partial charge on any atom is 0.270 e. The van der Waals surface area contributed by atoms with Crippen LogP contribution in [-0.4, -0.2) is 15.4 Å². The molecule has 1 heterocycles. The minimum Gasteiger partial charge on any atom is -0.312 e. The number of non-ortho nitro benzene ring substituents is 1. The lowest BCUT2D eigenvalue weighted by atomic mass is 10.2. The Hall–Kier alpha value is -2.28. The van der Waals surface area contributed by atoms with Crippen molar-refractivity contribution in [3.05, 3.63) is 45.8 Å². The van der Waals surface area contributed by atoms with Crippen LogP contribution in [0.2, 0.25) is 0 Å². The Labute approximate surface area is 125 Å². The van der Waals surface area contributed by atoms with Gasteiger partial charge in [-0.1, -0.05) is 31.3 Å². The molecule has 0 fully saturated rings. The van der Waals surface area contributed by atoms with E-state index >= 15 is 0 Å². The van der Waals surface area contributed by atoms with Crippen LogP contribution in [-0.2, 0) is 11.3 Å². The van der Waals surface area contributed by atoms with Crippen LogP contribution in [0, 0.1) is 16.0 Å². The van der Waals surface area contributed by atoms with E-state index in [9.17, 15) is 14.9 Å². The molecule has 0 spiro atoms. The van der Waals surface area contributed by atoms with Crippen molar-refractivity contribution in [1.29, 1.82) is 0 Å². The van der Waals surface area contributed by atoms with Crippen LogP contribution in [0.3, 0.4) is 0 Å². The molecule has 6 nitrogen and oxygen atoms in total. The third-order valence-corrected chi connectivity index (χ3v) is 3.93. The summed E-state index contributed by atoms with van der Waals surface area (Å²) in [5.41, 5.74) is 0.831. The van der Waals surface area contributed by atoms with Gasteiger partial charge in [0.05, 0.1) is 15.1 Å². The number of nitrogens with zero attached hydrogens (tertiary/aromatic N) is 3. The molecule has 21 heavy (non-hydrogen) atoms. The Balaban J connectivity index is 2.69. The molecular formula is C14H15N3O3S. The van der Waals surface area contributed by atoms with E-state index in [0.717, 1.165) is 10.2 Å². The number of rotatable bonds is 4. The molecule has 0 N–H and O–H groups in total. The van der Waals surface area contributed by atoms with Gasteiger partial charge in [-0.3, -0.25) is 14.9 Å². The molecular weight excluding hydrogens is 290 g/mol. The Bertz CT molecular complexity index is 786. The molecule has 1 aromatic heterocycles.